The standard InChI is InChI=1S/C10H13IN2O2/c1-6-7(11)8(14)13-9(12-6)10(2)4-3-5-15-10/h3-5H2,1-2H3,(H,12,13,14). The number of nitrogens with one attached hydrogen (secondary N) is 1. The molecule has 1 aromatic rings. The molecule has 15 heavy (non-hydrogen) atoms. The summed E-state index contributed by atoms with van der Waals surface area (Å²) in [6, 6.07) is 0. The molecule has 1 fully saturated rings. The zero-order valence-electron chi connectivity index (χ0n) is 8.76. The van der Waals surface area contributed by atoms with E-state index >= 15 is 0 Å². The fraction of sp³-hybridized carbons (Fsp3) is 0.600. The molecule has 4 nitrogen and oxygen atoms in total. The molecule has 0 amide bonds. The third-order valence-corrected chi connectivity index (χ3v) is 4.02. The van der Waals surface area contributed by atoms with E-state index in [2.05, 4.69) is 9.97 Å². The predicted octanol–water partition coefficient (Wildman–Crippen LogP) is 1.71. The van der Waals surface area contributed by atoms with Crippen LogP contribution in [0.4, 0.5) is 0 Å². The lowest BCUT2D eigenvalue weighted by molar-refractivity contribution is 0.00895. The van der Waals surface area contributed by atoms with Crippen LogP contribution in [0, 0.1) is 10.5 Å². The number of rotatable bonds is 1. The van der Waals surface area contributed by atoms with Gasteiger partial charge in [0.1, 0.15) is 11.4 Å². The van der Waals surface area contributed by atoms with Gasteiger partial charge in [-0.25, -0.2) is 4.98 Å². The first-order valence-electron chi connectivity index (χ1n) is 4.94. The van der Waals surface area contributed by atoms with Crippen LogP contribution in [-0.4, -0.2) is 16.6 Å². The number of H-pyrrole nitrogens is 1. The van der Waals surface area contributed by atoms with Crippen molar-refractivity contribution in [1.29, 1.82) is 0 Å². The first-order chi connectivity index (χ1) is 7.03. The first-order valence-corrected chi connectivity index (χ1v) is 6.02. The van der Waals surface area contributed by atoms with Gasteiger partial charge >= 0.3 is 0 Å². The Bertz CT molecular complexity index is 436. The van der Waals surface area contributed by atoms with Crippen molar-refractivity contribution >= 4 is 22.6 Å². The van der Waals surface area contributed by atoms with Crippen molar-refractivity contribution in [3.63, 3.8) is 0 Å². The Balaban J connectivity index is 2.50. The summed E-state index contributed by atoms with van der Waals surface area (Å²) in [5.41, 5.74) is 0.287. The van der Waals surface area contributed by atoms with Crippen molar-refractivity contribution in [1.82, 2.24) is 9.97 Å². The largest absolute Gasteiger partial charge is 0.367 e. The summed E-state index contributed by atoms with van der Waals surface area (Å²) in [4.78, 5) is 18.8. The Labute approximate surface area is 102 Å². The van der Waals surface area contributed by atoms with Gasteiger partial charge in [0.25, 0.3) is 5.56 Å². The van der Waals surface area contributed by atoms with E-state index in [9.17, 15) is 4.79 Å². The van der Waals surface area contributed by atoms with Gasteiger partial charge in [-0.15, -0.1) is 0 Å². The number of halogens is 1. The molecule has 0 bridgehead atoms. The Kier molecular flexibility index (Phi) is 2.85. The van der Waals surface area contributed by atoms with E-state index < -0.39 is 5.60 Å². The van der Waals surface area contributed by atoms with Crippen LogP contribution in [0.3, 0.4) is 0 Å². The minimum absolute atomic E-state index is 0.0742. The molecule has 1 aromatic heterocycles. The minimum atomic E-state index is -0.408. The smallest absolute Gasteiger partial charge is 0.264 e. The van der Waals surface area contributed by atoms with Crippen LogP contribution in [0.25, 0.3) is 0 Å². The maximum absolute atomic E-state index is 11.6. The Morgan fingerprint density at radius 3 is 2.87 bits per heavy atom. The van der Waals surface area contributed by atoms with E-state index in [0.29, 0.717) is 9.39 Å². The third kappa shape index (κ3) is 1.94. The average molecular weight is 320 g/mol. The zero-order valence-corrected chi connectivity index (χ0v) is 10.9. The quantitative estimate of drug-likeness (QED) is 0.802. The Morgan fingerprint density at radius 2 is 2.33 bits per heavy atom. The molecule has 1 atom stereocenters. The van der Waals surface area contributed by atoms with Crippen molar-refractivity contribution in [2.45, 2.75) is 32.3 Å². The minimum Gasteiger partial charge on any atom is -0.367 e. The van der Waals surface area contributed by atoms with Crippen molar-refractivity contribution in [3.8, 4) is 0 Å². The highest BCUT2D eigenvalue weighted by molar-refractivity contribution is 14.1. The van der Waals surface area contributed by atoms with Crippen LogP contribution < -0.4 is 5.56 Å². The van der Waals surface area contributed by atoms with Gasteiger partial charge in [0, 0.05) is 6.61 Å². The second kappa shape index (κ2) is 3.86. The third-order valence-electron chi connectivity index (χ3n) is 2.75. The van der Waals surface area contributed by atoms with E-state index in [1.54, 1.807) is 0 Å². The molecule has 0 spiro atoms. The molecule has 1 aliphatic rings. The molecule has 2 heterocycles. The molecule has 0 saturated carbocycles. The van der Waals surface area contributed by atoms with Gasteiger partial charge in [0.15, 0.2) is 0 Å². The fourth-order valence-corrected chi connectivity index (χ4v) is 2.04. The number of aromatic nitrogens is 2. The van der Waals surface area contributed by atoms with Gasteiger partial charge < -0.3 is 9.72 Å². The lowest BCUT2D eigenvalue weighted by Crippen LogP contribution is -2.28. The van der Waals surface area contributed by atoms with E-state index in [1.165, 1.54) is 0 Å². The summed E-state index contributed by atoms with van der Waals surface area (Å²) in [5, 5.41) is 0. The molecule has 2 rings (SSSR count). The summed E-state index contributed by atoms with van der Waals surface area (Å²) in [6.45, 7) is 4.56. The fourth-order valence-electron chi connectivity index (χ4n) is 1.79. The van der Waals surface area contributed by atoms with Gasteiger partial charge in [-0.3, -0.25) is 4.79 Å². The van der Waals surface area contributed by atoms with Crippen LogP contribution in [-0.2, 0) is 10.3 Å². The molecule has 1 N–H and O–H groups in total. The molecule has 1 unspecified atom stereocenters. The number of nitrogens with zero attached hydrogens (tertiary/aromatic N) is 1. The Morgan fingerprint density at radius 1 is 1.60 bits per heavy atom. The predicted molar refractivity (Wildman–Crippen MR) is 64.8 cm³/mol. The molecule has 1 saturated heterocycles. The summed E-state index contributed by atoms with van der Waals surface area (Å²) in [6.07, 6.45) is 1.93. The summed E-state index contributed by atoms with van der Waals surface area (Å²) >= 11 is 2.01. The lowest BCUT2D eigenvalue weighted by atomic mass is 10.0. The van der Waals surface area contributed by atoms with Crippen LogP contribution in [0.2, 0.25) is 0 Å². The molecule has 1 aliphatic heterocycles. The molecule has 0 aliphatic carbocycles. The summed E-state index contributed by atoms with van der Waals surface area (Å²) in [5.74, 6) is 0.655. The van der Waals surface area contributed by atoms with Crippen molar-refractivity contribution in [2.24, 2.45) is 0 Å². The summed E-state index contributed by atoms with van der Waals surface area (Å²) in [7, 11) is 0. The normalized spacial score (nSPS) is 25.8. The lowest BCUT2D eigenvalue weighted by Gasteiger charge is -2.22. The number of hydrogen-bond donors (Lipinski definition) is 1. The van der Waals surface area contributed by atoms with Crippen molar-refractivity contribution < 1.29 is 4.74 Å². The number of aromatic amines is 1. The second-order valence-corrected chi connectivity index (χ2v) is 5.08. The number of hydrogen-bond acceptors (Lipinski definition) is 3. The molecule has 82 valence electrons. The van der Waals surface area contributed by atoms with E-state index in [0.717, 1.165) is 25.1 Å². The summed E-state index contributed by atoms with van der Waals surface area (Å²) < 4.78 is 6.29. The topological polar surface area (TPSA) is 55.0 Å². The molecule has 5 heteroatoms. The van der Waals surface area contributed by atoms with Gasteiger partial charge in [-0.05, 0) is 49.3 Å². The van der Waals surface area contributed by atoms with Crippen LogP contribution in [0.1, 0.15) is 31.3 Å². The van der Waals surface area contributed by atoms with Crippen molar-refractivity contribution in [3.05, 3.63) is 25.4 Å². The van der Waals surface area contributed by atoms with E-state index in [4.69, 9.17) is 4.74 Å². The average Bonchev–Trinajstić information content (AvgIpc) is 2.62. The van der Waals surface area contributed by atoms with E-state index in [-0.39, 0.29) is 5.56 Å². The van der Waals surface area contributed by atoms with Gasteiger partial charge in [-0.2, -0.15) is 0 Å². The van der Waals surface area contributed by atoms with Gasteiger partial charge in [-0.1, -0.05) is 0 Å². The van der Waals surface area contributed by atoms with Crippen LogP contribution in [0.15, 0.2) is 4.79 Å². The maximum atomic E-state index is 11.6. The van der Waals surface area contributed by atoms with E-state index in [1.807, 2.05) is 36.4 Å². The molecule has 0 aromatic carbocycles. The van der Waals surface area contributed by atoms with Crippen molar-refractivity contribution in [2.75, 3.05) is 6.61 Å². The number of ether oxygens (including phenoxy) is 1. The zero-order chi connectivity index (χ0) is 11.1. The van der Waals surface area contributed by atoms with Gasteiger partial charge in [0.2, 0.25) is 0 Å². The highest BCUT2D eigenvalue weighted by Gasteiger charge is 2.34. The Hall–Kier alpha value is -0.430. The molecule has 0 radical (unpaired) electrons. The van der Waals surface area contributed by atoms with Crippen LogP contribution in [0.5, 0.6) is 0 Å². The van der Waals surface area contributed by atoms with Gasteiger partial charge in [0.05, 0.1) is 9.26 Å². The monoisotopic (exact) mass is 320 g/mol. The highest BCUT2D eigenvalue weighted by atomic mass is 127. The van der Waals surface area contributed by atoms with Crippen LogP contribution >= 0.6 is 22.6 Å². The first kappa shape index (κ1) is 11.1. The maximum Gasteiger partial charge on any atom is 0.264 e. The second-order valence-electron chi connectivity index (χ2n) is 4.00. The number of aryl methyl sites for hydroxylation is 1. The molecular weight excluding hydrogens is 307 g/mol. The SMILES string of the molecule is Cc1nc(C2(C)CCCO2)[nH]c(=O)c1I. The molecular formula is C10H13IN2O2. The highest BCUT2D eigenvalue weighted by Crippen LogP contribution is 2.32.